The summed E-state index contributed by atoms with van der Waals surface area (Å²) >= 11 is 0. The summed E-state index contributed by atoms with van der Waals surface area (Å²) in [6, 6.07) is 8.69. The molecule has 0 unspecified atom stereocenters. The van der Waals surface area contributed by atoms with E-state index in [9.17, 15) is 9.59 Å². The van der Waals surface area contributed by atoms with Crippen LogP contribution in [0.2, 0.25) is 0 Å². The SMILES string of the molecule is CCOc1ccc(OCC(=O)NCCn2cnc(C3CC3)cc2=O)cc1. The van der Waals surface area contributed by atoms with E-state index in [0.717, 1.165) is 24.3 Å². The largest absolute Gasteiger partial charge is 0.494 e. The fourth-order valence-electron chi connectivity index (χ4n) is 2.52. The molecule has 0 spiro atoms. The lowest BCUT2D eigenvalue weighted by Gasteiger charge is -2.09. The molecule has 0 bridgehead atoms. The zero-order valence-electron chi connectivity index (χ0n) is 14.8. The van der Waals surface area contributed by atoms with Gasteiger partial charge in [-0.3, -0.25) is 14.2 Å². The van der Waals surface area contributed by atoms with E-state index in [-0.39, 0.29) is 18.1 Å². The Labute approximate surface area is 152 Å². The van der Waals surface area contributed by atoms with Crippen LogP contribution < -0.4 is 20.3 Å². The van der Waals surface area contributed by atoms with Crippen molar-refractivity contribution in [2.75, 3.05) is 19.8 Å². The van der Waals surface area contributed by atoms with Crippen LogP contribution in [0.5, 0.6) is 11.5 Å². The van der Waals surface area contributed by atoms with Gasteiger partial charge in [0.2, 0.25) is 0 Å². The van der Waals surface area contributed by atoms with Gasteiger partial charge in [-0.05, 0) is 44.0 Å². The molecule has 26 heavy (non-hydrogen) atoms. The maximum atomic E-state index is 12.0. The van der Waals surface area contributed by atoms with E-state index >= 15 is 0 Å². The first-order valence-corrected chi connectivity index (χ1v) is 8.84. The fraction of sp³-hybridized carbons (Fsp3) is 0.421. The molecule has 1 aromatic carbocycles. The van der Waals surface area contributed by atoms with Gasteiger partial charge in [-0.25, -0.2) is 4.98 Å². The van der Waals surface area contributed by atoms with Crippen LogP contribution >= 0.6 is 0 Å². The third kappa shape index (κ3) is 5.08. The molecule has 1 amide bonds. The van der Waals surface area contributed by atoms with Gasteiger partial charge in [-0.15, -0.1) is 0 Å². The number of hydrogen-bond donors (Lipinski definition) is 1. The maximum Gasteiger partial charge on any atom is 0.258 e. The monoisotopic (exact) mass is 357 g/mol. The molecular formula is C19H23N3O4. The van der Waals surface area contributed by atoms with Gasteiger partial charge in [-0.2, -0.15) is 0 Å². The average Bonchev–Trinajstić information content (AvgIpc) is 3.48. The molecule has 0 saturated heterocycles. The van der Waals surface area contributed by atoms with Crippen molar-refractivity contribution in [3.05, 3.63) is 52.7 Å². The summed E-state index contributed by atoms with van der Waals surface area (Å²) < 4.78 is 12.3. The number of benzene rings is 1. The molecule has 1 fully saturated rings. The Morgan fingerprint density at radius 1 is 1.23 bits per heavy atom. The van der Waals surface area contributed by atoms with E-state index in [4.69, 9.17) is 9.47 Å². The standard InChI is InChI=1S/C19H23N3O4/c1-2-25-15-5-7-16(8-6-15)26-12-18(23)20-9-10-22-13-21-17(11-19(22)24)14-3-4-14/h5-8,11,13-14H,2-4,9-10,12H2,1H3,(H,20,23). The highest BCUT2D eigenvalue weighted by molar-refractivity contribution is 5.77. The van der Waals surface area contributed by atoms with Crippen LogP contribution in [0.1, 0.15) is 31.4 Å². The molecule has 1 aliphatic rings. The van der Waals surface area contributed by atoms with Crippen LogP contribution in [-0.4, -0.2) is 35.2 Å². The molecule has 1 aliphatic carbocycles. The van der Waals surface area contributed by atoms with Gasteiger partial charge < -0.3 is 14.8 Å². The van der Waals surface area contributed by atoms with E-state index < -0.39 is 0 Å². The van der Waals surface area contributed by atoms with E-state index in [1.54, 1.807) is 36.7 Å². The fourth-order valence-corrected chi connectivity index (χ4v) is 2.52. The predicted octanol–water partition coefficient (Wildman–Crippen LogP) is 1.71. The van der Waals surface area contributed by atoms with E-state index in [2.05, 4.69) is 10.3 Å². The highest BCUT2D eigenvalue weighted by Gasteiger charge is 2.25. The number of nitrogens with zero attached hydrogens (tertiary/aromatic N) is 2. The number of aromatic nitrogens is 2. The van der Waals surface area contributed by atoms with Gasteiger partial charge in [0.25, 0.3) is 11.5 Å². The number of carbonyl (C=O) groups excluding carboxylic acids is 1. The third-order valence-corrected chi connectivity index (χ3v) is 4.08. The summed E-state index contributed by atoms with van der Waals surface area (Å²) in [5.74, 6) is 1.57. The van der Waals surface area contributed by atoms with E-state index in [0.29, 0.717) is 31.4 Å². The Balaban J connectivity index is 1.39. The normalized spacial score (nSPS) is 13.3. The molecule has 0 atom stereocenters. The molecule has 0 radical (unpaired) electrons. The first kappa shape index (κ1) is 18.0. The van der Waals surface area contributed by atoms with Gasteiger partial charge in [0, 0.05) is 25.1 Å². The summed E-state index contributed by atoms with van der Waals surface area (Å²) in [5, 5.41) is 2.73. The summed E-state index contributed by atoms with van der Waals surface area (Å²) in [5.41, 5.74) is 0.792. The minimum atomic E-state index is -0.241. The zero-order valence-corrected chi connectivity index (χ0v) is 14.8. The third-order valence-electron chi connectivity index (χ3n) is 4.08. The molecule has 1 heterocycles. The summed E-state index contributed by atoms with van der Waals surface area (Å²) in [6.45, 7) is 3.16. The van der Waals surface area contributed by atoms with E-state index in [1.807, 2.05) is 6.92 Å². The molecule has 3 rings (SSSR count). The Morgan fingerprint density at radius 3 is 2.54 bits per heavy atom. The van der Waals surface area contributed by atoms with Gasteiger partial charge in [0.05, 0.1) is 18.6 Å². The van der Waals surface area contributed by atoms with Crippen LogP contribution in [0.4, 0.5) is 0 Å². The second-order valence-corrected chi connectivity index (χ2v) is 6.16. The minimum Gasteiger partial charge on any atom is -0.494 e. The number of rotatable bonds is 9. The maximum absolute atomic E-state index is 12.0. The Bertz CT molecular complexity index is 797. The van der Waals surface area contributed by atoms with Crippen molar-refractivity contribution in [2.24, 2.45) is 0 Å². The number of nitrogens with one attached hydrogen (secondary N) is 1. The van der Waals surface area contributed by atoms with Gasteiger partial charge in [0.15, 0.2) is 6.61 Å². The van der Waals surface area contributed by atoms with Crippen LogP contribution in [-0.2, 0) is 11.3 Å². The number of amides is 1. The van der Waals surface area contributed by atoms with Gasteiger partial charge in [0.1, 0.15) is 11.5 Å². The van der Waals surface area contributed by atoms with Gasteiger partial charge in [-0.1, -0.05) is 0 Å². The molecule has 7 nitrogen and oxygen atoms in total. The van der Waals surface area contributed by atoms with Crippen molar-refractivity contribution in [1.82, 2.24) is 14.9 Å². The predicted molar refractivity (Wildman–Crippen MR) is 96.6 cm³/mol. The average molecular weight is 357 g/mol. The highest BCUT2D eigenvalue weighted by atomic mass is 16.5. The molecule has 1 aromatic heterocycles. The lowest BCUT2D eigenvalue weighted by Crippen LogP contribution is -2.33. The summed E-state index contributed by atoms with van der Waals surface area (Å²) in [4.78, 5) is 28.2. The number of carbonyl (C=O) groups is 1. The summed E-state index contributed by atoms with van der Waals surface area (Å²) in [7, 11) is 0. The topological polar surface area (TPSA) is 82.4 Å². The van der Waals surface area contributed by atoms with Crippen LogP contribution in [0, 0.1) is 0 Å². The van der Waals surface area contributed by atoms with Crippen molar-refractivity contribution >= 4 is 5.91 Å². The zero-order chi connectivity index (χ0) is 18.4. The lowest BCUT2D eigenvalue weighted by atomic mass is 10.3. The van der Waals surface area contributed by atoms with E-state index in [1.165, 1.54) is 4.57 Å². The van der Waals surface area contributed by atoms with Crippen molar-refractivity contribution in [1.29, 1.82) is 0 Å². The highest BCUT2D eigenvalue weighted by Crippen LogP contribution is 2.38. The Kier molecular flexibility index (Phi) is 5.88. The smallest absolute Gasteiger partial charge is 0.258 e. The molecule has 0 aliphatic heterocycles. The number of ether oxygens (including phenoxy) is 2. The molecule has 7 heteroatoms. The quantitative estimate of drug-likeness (QED) is 0.739. The second-order valence-electron chi connectivity index (χ2n) is 6.16. The van der Waals surface area contributed by atoms with Crippen LogP contribution in [0.15, 0.2) is 41.5 Å². The molecule has 2 aromatic rings. The Morgan fingerprint density at radius 2 is 1.92 bits per heavy atom. The van der Waals surface area contributed by atoms with Gasteiger partial charge >= 0.3 is 0 Å². The molecule has 138 valence electrons. The number of hydrogen-bond acceptors (Lipinski definition) is 5. The molecule has 1 saturated carbocycles. The Hall–Kier alpha value is -2.83. The first-order valence-electron chi connectivity index (χ1n) is 8.84. The molecule has 1 N–H and O–H groups in total. The summed E-state index contributed by atoms with van der Waals surface area (Å²) in [6.07, 6.45) is 3.78. The molecular weight excluding hydrogens is 334 g/mol. The first-order chi connectivity index (χ1) is 12.7. The van der Waals surface area contributed by atoms with Crippen molar-refractivity contribution < 1.29 is 14.3 Å². The lowest BCUT2D eigenvalue weighted by molar-refractivity contribution is -0.123. The minimum absolute atomic E-state index is 0.0816. The van der Waals surface area contributed by atoms with Crippen LogP contribution in [0.25, 0.3) is 0 Å². The van der Waals surface area contributed by atoms with Crippen LogP contribution in [0.3, 0.4) is 0 Å². The van der Waals surface area contributed by atoms with Crippen molar-refractivity contribution in [3.63, 3.8) is 0 Å². The second kappa shape index (κ2) is 8.51. The van der Waals surface area contributed by atoms with Crippen molar-refractivity contribution in [2.45, 2.75) is 32.2 Å². The van der Waals surface area contributed by atoms with Crippen molar-refractivity contribution in [3.8, 4) is 11.5 Å².